The van der Waals surface area contributed by atoms with Crippen LogP contribution in [0.25, 0.3) is 0 Å². The van der Waals surface area contributed by atoms with Crippen molar-refractivity contribution in [1.82, 2.24) is 0 Å². The van der Waals surface area contributed by atoms with Crippen molar-refractivity contribution in [3.8, 4) is 0 Å². The number of carbonyl (C=O) groups is 1. The van der Waals surface area contributed by atoms with Gasteiger partial charge in [0.2, 0.25) is 0 Å². The third-order valence-corrected chi connectivity index (χ3v) is 8.21. The second kappa shape index (κ2) is 5.52. The van der Waals surface area contributed by atoms with Crippen molar-refractivity contribution in [2.45, 2.75) is 65.2 Å². The van der Waals surface area contributed by atoms with Crippen molar-refractivity contribution in [2.75, 3.05) is 6.61 Å². The molecule has 1 N–H and O–H groups in total. The van der Waals surface area contributed by atoms with Gasteiger partial charge in [-0.15, -0.1) is 0 Å². The zero-order valence-corrected chi connectivity index (χ0v) is 14.9. The normalized spacial score (nSPS) is 46.8. The summed E-state index contributed by atoms with van der Waals surface area (Å²) >= 11 is 0. The van der Waals surface area contributed by atoms with E-state index in [2.05, 4.69) is 13.8 Å². The van der Waals surface area contributed by atoms with Gasteiger partial charge in [0.25, 0.3) is 0 Å². The summed E-state index contributed by atoms with van der Waals surface area (Å²) < 4.78 is 14.2. The van der Waals surface area contributed by atoms with Crippen LogP contribution in [0.3, 0.4) is 0 Å². The molecule has 5 atom stereocenters. The maximum Gasteiger partial charge on any atom is 0.155 e. The number of halogens is 1. The van der Waals surface area contributed by atoms with E-state index in [4.69, 9.17) is 0 Å². The van der Waals surface area contributed by atoms with Gasteiger partial charge in [-0.05, 0) is 85.2 Å². The van der Waals surface area contributed by atoms with Gasteiger partial charge in [-0.1, -0.05) is 19.4 Å². The minimum atomic E-state index is -0.446. The summed E-state index contributed by atoms with van der Waals surface area (Å²) in [6.45, 7) is 4.17. The van der Waals surface area contributed by atoms with Crippen molar-refractivity contribution in [3.05, 3.63) is 23.0 Å². The standard InChI is InChI=1S/C21H29FO2/c1-20-9-7-14(24)11-13(20)3-4-15-16-5-6-18(19(22)12-23)21(16,2)10-8-17(15)20/h11,15-17,23H,3-10,12H2,1-2H3/b19-18+/t15?,16?,17?,20-,21-/m0/s1. The summed E-state index contributed by atoms with van der Waals surface area (Å²) in [7, 11) is 0. The SMILES string of the molecule is C[C@]12CCC(=O)C=C1CCC1C2CC[C@]2(C)/C(=C(/F)CO)CCC12. The van der Waals surface area contributed by atoms with Crippen LogP contribution in [0.4, 0.5) is 4.39 Å². The van der Waals surface area contributed by atoms with Crippen LogP contribution in [-0.2, 0) is 4.79 Å². The van der Waals surface area contributed by atoms with Crippen molar-refractivity contribution in [2.24, 2.45) is 28.6 Å². The zero-order valence-electron chi connectivity index (χ0n) is 14.9. The van der Waals surface area contributed by atoms with Gasteiger partial charge in [-0.2, -0.15) is 0 Å². The van der Waals surface area contributed by atoms with Gasteiger partial charge in [-0.25, -0.2) is 4.39 Å². The molecule has 4 aliphatic carbocycles. The van der Waals surface area contributed by atoms with E-state index in [0.717, 1.165) is 50.5 Å². The molecular formula is C21H29FO2. The summed E-state index contributed by atoms with van der Waals surface area (Å²) in [4.78, 5) is 11.9. The Morgan fingerprint density at radius 3 is 2.62 bits per heavy atom. The van der Waals surface area contributed by atoms with Crippen LogP contribution in [0.1, 0.15) is 65.2 Å². The molecule has 0 amide bonds. The molecule has 3 fully saturated rings. The number of allylic oxidation sites excluding steroid dienone is 2. The van der Waals surface area contributed by atoms with Gasteiger partial charge in [0.1, 0.15) is 5.83 Å². The molecule has 24 heavy (non-hydrogen) atoms. The molecule has 2 nitrogen and oxygen atoms in total. The molecular weight excluding hydrogens is 303 g/mol. The van der Waals surface area contributed by atoms with Gasteiger partial charge in [0.15, 0.2) is 5.78 Å². The van der Waals surface area contributed by atoms with Crippen LogP contribution in [0.5, 0.6) is 0 Å². The molecule has 4 aliphatic rings. The summed E-state index contributed by atoms with van der Waals surface area (Å²) in [6, 6.07) is 0. The van der Waals surface area contributed by atoms with Gasteiger partial charge >= 0.3 is 0 Å². The lowest BCUT2D eigenvalue weighted by Crippen LogP contribution is -2.49. The first-order valence-corrected chi connectivity index (χ1v) is 9.63. The molecule has 3 saturated carbocycles. The molecule has 0 saturated heterocycles. The number of hydrogen-bond acceptors (Lipinski definition) is 2. The smallest absolute Gasteiger partial charge is 0.155 e. The first-order chi connectivity index (χ1) is 11.4. The monoisotopic (exact) mass is 332 g/mol. The summed E-state index contributed by atoms with van der Waals surface area (Å²) in [5.41, 5.74) is 2.41. The molecule has 0 aromatic carbocycles. The van der Waals surface area contributed by atoms with Gasteiger partial charge < -0.3 is 5.11 Å². The third kappa shape index (κ3) is 2.13. The quantitative estimate of drug-likeness (QED) is 0.753. The molecule has 0 aliphatic heterocycles. The lowest BCUT2D eigenvalue weighted by molar-refractivity contribution is -0.117. The number of aliphatic hydroxyl groups is 1. The first kappa shape index (κ1) is 16.5. The lowest BCUT2D eigenvalue weighted by atomic mass is 9.47. The van der Waals surface area contributed by atoms with Crippen LogP contribution < -0.4 is 0 Å². The van der Waals surface area contributed by atoms with Crippen LogP contribution in [0.15, 0.2) is 23.0 Å². The maximum atomic E-state index is 14.2. The number of fused-ring (bicyclic) bond motifs is 5. The molecule has 132 valence electrons. The van der Waals surface area contributed by atoms with Crippen molar-refractivity contribution in [3.63, 3.8) is 0 Å². The fraction of sp³-hybridized carbons (Fsp3) is 0.762. The van der Waals surface area contributed by atoms with Crippen LogP contribution >= 0.6 is 0 Å². The highest BCUT2D eigenvalue weighted by molar-refractivity contribution is 5.91. The van der Waals surface area contributed by atoms with Crippen LogP contribution in [-0.4, -0.2) is 17.5 Å². The minimum Gasteiger partial charge on any atom is -0.389 e. The zero-order chi connectivity index (χ0) is 17.1. The van der Waals surface area contributed by atoms with Crippen molar-refractivity contribution >= 4 is 5.78 Å². The predicted molar refractivity (Wildman–Crippen MR) is 91.9 cm³/mol. The molecule has 3 unspecified atom stereocenters. The molecule has 0 radical (unpaired) electrons. The van der Waals surface area contributed by atoms with E-state index < -0.39 is 6.61 Å². The number of carbonyl (C=O) groups excluding carboxylic acids is 1. The summed E-state index contributed by atoms with van der Waals surface area (Å²) in [5.74, 6) is 1.85. The third-order valence-electron chi connectivity index (χ3n) is 8.21. The Hall–Kier alpha value is -0.960. The summed E-state index contributed by atoms with van der Waals surface area (Å²) in [5, 5.41) is 9.28. The maximum absolute atomic E-state index is 14.2. The summed E-state index contributed by atoms with van der Waals surface area (Å²) in [6.07, 6.45) is 9.85. The number of hydrogen-bond donors (Lipinski definition) is 1. The fourth-order valence-electron chi connectivity index (χ4n) is 6.91. The topological polar surface area (TPSA) is 37.3 Å². The highest BCUT2D eigenvalue weighted by Gasteiger charge is 2.58. The molecule has 0 heterocycles. The van der Waals surface area contributed by atoms with Crippen molar-refractivity contribution in [1.29, 1.82) is 0 Å². The Morgan fingerprint density at radius 2 is 1.88 bits per heavy atom. The van der Waals surface area contributed by atoms with E-state index in [1.165, 1.54) is 5.57 Å². The molecule has 0 aromatic rings. The van der Waals surface area contributed by atoms with Gasteiger partial charge in [0, 0.05) is 6.42 Å². The van der Waals surface area contributed by atoms with Gasteiger partial charge in [-0.3, -0.25) is 4.79 Å². The second-order valence-corrected chi connectivity index (χ2v) is 9.01. The Labute approximate surface area is 144 Å². The van der Waals surface area contributed by atoms with E-state index in [0.29, 0.717) is 30.0 Å². The predicted octanol–water partition coefficient (Wildman–Crippen LogP) is 4.73. The first-order valence-electron chi connectivity index (χ1n) is 9.63. The van der Waals surface area contributed by atoms with Gasteiger partial charge in [0.05, 0.1) is 6.61 Å². The van der Waals surface area contributed by atoms with Crippen LogP contribution in [0, 0.1) is 28.6 Å². The molecule has 3 heteroatoms. The minimum absolute atomic E-state index is 0.0595. The average molecular weight is 332 g/mol. The van der Waals surface area contributed by atoms with E-state index in [1.807, 2.05) is 6.08 Å². The van der Waals surface area contributed by atoms with Crippen LogP contribution in [0.2, 0.25) is 0 Å². The Morgan fingerprint density at radius 1 is 1.12 bits per heavy atom. The average Bonchev–Trinajstić information content (AvgIpc) is 2.92. The second-order valence-electron chi connectivity index (χ2n) is 9.01. The largest absolute Gasteiger partial charge is 0.389 e. The number of aliphatic hydroxyl groups excluding tert-OH is 1. The molecule has 0 aromatic heterocycles. The lowest BCUT2D eigenvalue weighted by Gasteiger charge is -2.57. The molecule has 4 rings (SSSR count). The number of rotatable bonds is 1. The van der Waals surface area contributed by atoms with E-state index in [1.54, 1.807) is 0 Å². The Bertz CT molecular complexity index is 634. The fourth-order valence-corrected chi connectivity index (χ4v) is 6.91. The van der Waals surface area contributed by atoms with E-state index in [-0.39, 0.29) is 16.7 Å². The van der Waals surface area contributed by atoms with E-state index in [9.17, 15) is 14.3 Å². The van der Waals surface area contributed by atoms with Crippen molar-refractivity contribution < 1.29 is 14.3 Å². The molecule has 0 bridgehead atoms. The molecule has 0 spiro atoms. The Balaban J connectivity index is 1.69. The highest BCUT2D eigenvalue weighted by Crippen LogP contribution is 2.66. The Kier molecular flexibility index (Phi) is 3.80. The van der Waals surface area contributed by atoms with E-state index >= 15 is 0 Å². The number of ketones is 1. The highest BCUT2D eigenvalue weighted by atomic mass is 19.1.